The van der Waals surface area contributed by atoms with Crippen molar-refractivity contribution in [1.82, 2.24) is 5.32 Å². The largest absolute Gasteiger partial charge is 0.486 e. The molecule has 0 saturated carbocycles. The van der Waals surface area contributed by atoms with Gasteiger partial charge in [-0.05, 0) is 30.0 Å². The third kappa shape index (κ3) is 4.63. The highest BCUT2D eigenvalue weighted by atomic mass is 16.6. The van der Waals surface area contributed by atoms with Crippen molar-refractivity contribution < 1.29 is 19.4 Å². The summed E-state index contributed by atoms with van der Waals surface area (Å²) in [5, 5.41) is 12.4. The number of carboxylic acids is 1. The second-order valence-electron chi connectivity index (χ2n) is 5.77. The highest BCUT2D eigenvalue weighted by Gasteiger charge is 2.18. The number of carbonyl (C=O) groups is 1. The van der Waals surface area contributed by atoms with Crippen molar-refractivity contribution in [3.05, 3.63) is 23.8 Å². The molecule has 1 atom stereocenters. The Morgan fingerprint density at radius 3 is 2.67 bits per heavy atom. The van der Waals surface area contributed by atoms with Crippen LogP contribution in [-0.4, -0.2) is 30.8 Å². The van der Waals surface area contributed by atoms with Gasteiger partial charge >= 0.3 is 5.97 Å². The van der Waals surface area contributed by atoms with E-state index in [0.29, 0.717) is 38.6 Å². The third-order valence-corrected chi connectivity index (χ3v) is 3.43. The molecule has 2 N–H and O–H groups in total. The van der Waals surface area contributed by atoms with Gasteiger partial charge < -0.3 is 19.9 Å². The van der Waals surface area contributed by atoms with Crippen LogP contribution in [0.4, 0.5) is 0 Å². The van der Waals surface area contributed by atoms with Crippen LogP contribution in [0.5, 0.6) is 11.5 Å². The standard InChI is InChI=1S/C16H23NO4/c1-11(2)7-13(16(18)19)10-17-9-12-3-4-14-15(8-12)21-6-5-20-14/h3-4,8,11,13,17H,5-7,9-10H2,1-2H3,(H,18,19). The molecule has 0 radical (unpaired) electrons. The van der Waals surface area contributed by atoms with Gasteiger partial charge in [-0.25, -0.2) is 0 Å². The van der Waals surface area contributed by atoms with Crippen LogP contribution in [0, 0.1) is 11.8 Å². The molecule has 1 unspecified atom stereocenters. The van der Waals surface area contributed by atoms with Gasteiger partial charge in [0, 0.05) is 13.1 Å². The summed E-state index contributed by atoms with van der Waals surface area (Å²) in [6.45, 7) is 6.33. The zero-order valence-electron chi connectivity index (χ0n) is 12.6. The predicted molar refractivity (Wildman–Crippen MR) is 79.7 cm³/mol. The van der Waals surface area contributed by atoms with Crippen LogP contribution in [0.15, 0.2) is 18.2 Å². The summed E-state index contributed by atoms with van der Waals surface area (Å²) in [7, 11) is 0. The Labute approximate surface area is 125 Å². The first kappa shape index (κ1) is 15.6. The van der Waals surface area contributed by atoms with Crippen LogP contribution >= 0.6 is 0 Å². The molecule has 0 spiro atoms. The van der Waals surface area contributed by atoms with Gasteiger partial charge in [-0.3, -0.25) is 4.79 Å². The quantitative estimate of drug-likeness (QED) is 0.807. The number of nitrogens with one attached hydrogen (secondary N) is 1. The van der Waals surface area contributed by atoms with E-state index in [1.54, 1.807) is 0 Å². The van der Waals surface area contributed by atoms with Gasteiger partial charge in [0.2, 0.25) is 0 Å². The molecular weight excluding hydrogens is 270 g/mol. The molecule has 116 valence electrons. The SMILES string of the molecule is CC(C)CC(CNCc1ccc2c(c1)OCCO2)C(=O)O. The van der Waals surface area contributed by atoms with E-state index in [-0.39, 0.29) is 5.92 Å². The second kappa shape index (κ2) is 7.31. The molecule has 0 fully saturated rings. The highest BCUT2D eigenvalue weighted by molar-refractivity contribution is 5.70. The summed E-state index contributed by atoms with van der Waals surface area (Å²) < 4.78 is 11.0. The van der Waals surface area contributed by atoms with Crippen molar-refractivity contribution in [3.8, 4) is 11.5 Å². The molecule has 0 bridgehead atoms. The maximum absolute atomic E-state index is 11.2. The molecule has 0 aromatic heterocycles. The van der Waals surface area contributed by atoms with Crippen molar-refractivity contribution in [2.45, 2.75) is 26.8 Å². The summed E-state index contributed by atoms with van der Waals surface area (Å²) in [5.41, 5.74) is 1.06. The number of ether oxygens (including phenoxy) is 2. The number of benzene rings is 1. The van der Waals surface area contributed by atoms with Gasteiger partial charge in [0.15, 0.2) is 11.5 Å². The van der Waals surface area contributed by atoms with Crippen LogP contribution in [-0.2, 0) is 11.3 Å². The number of hydrogen-bond acceptors (Lipinski definition) is 4. The molecule has 0 saturated heterocycles. The van der Waals surface area contributed by atoms with Gasteiger partial charge in [0.1, 0.15) is 13.2 Å². The molecule has 0 aliphatic carbocycles. The molecule has 5 heteroatoms. The van der Waals surface area contributed by atoms with E-state index in [0.717, 1.165) is 17.1 Å². The summed E-state index contributed by atoms with van der Waals surface area (Å²) >= 11 is 0. The molecule has 21 heavy (non-hydrogen) atoms. The minimum atomic E-state index is -0.738. The lowest BCUT2D eigenvalue weighted by Gasteiger charge is -2.19. The second-order valence-corrected chi connectivity index (χ2v) is 5.77. The topological polar surface area (TPSA) is 67.8 Å². The molecule has 2 rings (SSSR count). The Morgan fingerprint density at radius 1 is 1.29 bits per heavy atom. The third-order valence-electron chi connectivity index (χ3n) is 3.43. The zero-order valence-corrected chi connectivity index (χ0v) is 12.6. The highest BCUT2D eigenvalue weighted by Crippen LogP contribution is 2.30. The van der Waals surface area contributed by atoms with E-state index in [1.165, 1.54) is 0 Å². The predicted octanol–water partition coefficient (Wildman–Crippen LogP) is 2.29. The van der Waals surface area contributed by atoms with Crippen LogP contribution in [0.25, 0.3) is 0 Å². The maximum atomic E-state index is 11.2. The Balaban J connectivity index is 1.86. The number of aliphatic carboxylic acids is 1. The normalized spacial score (nSPS) is 15.0. The monoisotopic (exact) mass is 293 g/mol. The molecule has 1 heterocycles. The molecule has 1 aromatic carbocycles. The Kier molecular flexibility index (Phi) is 5.44. The lowest BCUT2D eigenvalue weighted by Crippen LogP contribution is -2.29. The molecular formula is C16H23NO4. The van der Waals surface area contributed by atoms with E-state index < -0.39 is 5.97 Å². The van der Waals surface area contributed by atoms with E-state index in [9.17, 15) is 9.90 Å². The summed E-state index contributed by atoms with van der Waals surface area (Å²) in [4.78, 5) is 11.2. The lowest BCUT2D eigenvalue weighted by molar-refractivity contribution is -0.142. The van der Waals surface area contributed by atoms with E-state index in [1.807, 2.05) is 32.0 Å². The first-order valence-electron chi connectivity index (χ1n) is 7.38. The van der Waals surface area contributed by atoms with Crippen LogP contribution < -0.4 is 14.8 Å². The van der Waals surface area contributed by atoms with Crippen molar-refractivity contribution in [1.29, 1.82) is 0 Å². The van der Waals surface area contributed by atoms with Crippen molar-refractivity contribution >= 4 is 5.97 Å². The van der Waals surface area contributed by atoms with Crippen LogP contribution in [0.1, 0.15) is 25.8 Å². The smallest absolute Gasteiger partial charge is 0.307 e. The van der Waals surface area contributed by atoms with E-state index in [2.05, 4.69) is 5.32 Å². The first-order valence-corrected chi connectivity index (χ1v) is 7.38. The fraction of sp³-hybridized carbons (Fsp3) is 0.562. The zero-order chi connectivity index (χ0) is 15.2. The van der Waals surface area contributed by atoms with Crippen LogP contribution in [0.3, 0.4) is 0 Å². The summed E-state index contributed by atoms with van der Waals surface area (Å²) in [6, 6.07) is 5.81. The van der Waals surface area contributed by atoms with Gasteiger partial charge in [0.25, 0.3) is 0 Å². The minimum Gasteiger partial charge on any atom is -0.486 e. The molecule has 5 nitrogen and oxygen atoms in total. The number of fused-ring (bicyclic) bond motifs is 1. The Bertz CT molecular complexity index is 487. The summed E-state index contributed by atoms with van der Waals surface area (Å²) in [5.74, 6) is 0.827. The Morgan fingerprint density at radius 2 is 2.00 bits per heavy atom. The van der Waals surface area contributed by atoms with Gasteiger partial charge in [-0.1, -0.05) is 19.9 Å². The molecule has 1 aliphatic heterocycles. The maximum Gasteiger partial charge on any atom is 0.307 e. The number of carboxylic acid groups (broad SMARTS) is 1. The number of hydrogen-bond donors (Lipinski definition) is 2. The van der Waals surface area contributed by atoms with Gasteiger partial charge in [-0.2, -0.15) is 0 Å². The number of rotatable bonds is 7. The average Bonchev–Trinajstić information content (AvgIpc) is 2.45. The fourth-order valence-corrected chi connectivity index (χ4v) is 2.43. The minimum absolute atomic E-state index is 0.345. The fourth-order valence-electron chi connectivity index (χ4n) is 2.43. The van der Waals surface area contributed by atoms with Crippen molar-refractivity contribution in [3.63, 3.8) is 0 Å². The average molecular weight is 293 g/mol. The lowest BCUT2D eigenvalue weighted by atomic mass is 9.97. The Hall–Kier alpha value is -1.75. The summed E-state index contributed by atoms with van der Waals surface area (Å²) in [6.07, 6.45) is 0.684. The van der Waals surface area contributed by atoms with Gasteiger partial charge in [-0.15, -0.1) is 0 Å². The van der Waals surface area contributed by atoms with Crippen LogP contribution in [0.2, 0.25) is 0 Å². The first-order chi connectivity index (χ1) is 10.1. The van der Waals surface area contributed by atoms with E-state index in [4.69, 9.17) is 9.47 Å². The van der Waals surface area contributed by atoms with E-state index >= 15 is 0 Å². The molecule has 1 aromatic rings. The van der Waals surface area contributed by atoms with Gasteiger partial charge in [0.05, 0.1) is 5.92 Å². The van der Waals surface area contributed by atoms with Crippen molar-refractivity contribution in [2.24, 2.45) is 11.8 Å². The molecule has 1 aliphatic rings. The van der Waals surface area contributed by atoms with Crippen molar-refractivity contribution in [2.75, 3.05) is 19.8 Å². The molecule has 0 amide bonds.